The number of aromatic nitrogens is 2. The van der Waals surface area contributed by atoms with Gasteiger partial charge in [-0.25, -0.2) is 5.43 Å². The van der Waals surface area contributed by atoms with Crippen LogP contribution in [0.5, 0.6) is 17.2 Å². The lowest BCUT2D eigenvalue weighted by Gasteiger charge is -2.09. The maximum absolute atomic E-state index is 12.5. The second-order valence-electron chi connectivity index (χ2n) is 6.63. The number of amides is 1. The monoisotopic (exact) mass is 416 g/mol. The summed E-state index contributed by atoms with van der Waals surface area (Å²) in [6.07, 6.45) is 1.33. The molecule has 3 N–H and O–H groups in total. The van der Waals surface area contributed by atoms with Crippen LogP contribution in [0.4, 0.5) is 0 Å². The van der Waals surface area contributed by atoms with Crippen LogP contribution in [0.2, 0.25) is 0 Å². The minimum Gasteiger partial charge on any atom is -0.504 e. The first kappa shape index (κ1) is 20.0. The fraction of sp³-hybridized carbons (Fsp3) is 0.0870. The Labute approximate surface area is 178 Å². The van der Waals surface area contributed by atoms with E-state index in [9.17, 15) is 9.90 Å². The van der Waals surface area contributed by atoms with Crippen molar-refractivity contribution in [1.29, 1.82) is 0 Å². The number of phenolic OH excluding ortho intramolecular Hbond substituents is 1. The summed E-state index contributed by atoms with van der Waals surface area (Å²) in [5.74, 6) is 0.438. The summed E-state index contributed by atoms with van der Waals surface area (Å²) < 4.78 is 10.6. The molecule has 0 saturated heterocycles. The second kappa shape index (κ2) is 8.58. The normalized spacial score (nSPS) is 11.0. The van der Waals surface area contributed by atoms with Crippen molar-refractivity contribution in [2.45, 2.75) is 0 Å². The molecule has 0 unspecified atom stereocenters. The molecule has 0 fully saturated rings. The van der Waals surface area contributed by atoms with Gasteiger partial charge in [-0.1, -0.05) is 36.4 Å². The number of aromatic amines is 1. The lowest BCUT2D eigenvalue weighted by atomic mass is 10.0. The van der Waals surface area contributed by atoms with Gasteiger partial charge < -0.3 is 14.6 Å². The zero-order chi connectivity index (χ0) is 21.8. The van der Waals surface area contributed by atoms with Gasteiger partial charge in [0.25, 0.3) is 5.91 Å². The molecule has 0 aliphatic carbocycles. The number of para-hydroxylation sites is 1. The lowest BCUT2D eigenvalue weighted by Crippen LogP contribution is -2.18. The van der Waals surface area contributed by atoms with E-state index in [-0.39, 0.29) is 11.4 Å². The first-order valence-electron chi connectivity index (χ1n) is 9.43. The molecular weight excluding hydrogens is 396 g/mol. The number of H-pyrrole nitrogens is 1. The van der Waals surface area contributed by atoms with Crippen LogP contribution >= 0.6 is 0 Å². The number of phenols is 1. The van der Waals surface area contributed by atoms with Crippen molar-refractivity contribution < 1.29 is 19.4 Å². The van der Waals surface area contributed by atoms with Gasteiger partial charge in [-0.2, -0.15) is 10.2 Å². The summed E-state index contributed by atoms with van der Waals surface area (Å²) in [6, 6.07) is 18.3. The van der Waals surface area contributed by atoms with Gasteiger partial charge in [0.05, 0.1) is 31.7 Å². The van der Waals surface area contributed by atoms with Crippen LogP contribution in [0.25, 0.3) is 22.0 Å². The Bertz CT molecular complexity index is 1280. The first-order valence-corrected chi connectivity index (χ1v) is 9.43. The van der Waals surface area contributed by atoms with Crippen molar-refractivity contribution in [3.63, 3.8) is 0 Å². The van der Waals surface area contributed by atoms with E-state index in [1.165, 1.54) is 13.3 Å². The number of methoxy groups -OCH3 is 2. The van der Waals surface area contributed by atoms with Gasteiger partial charge in [-0.15, -0.1) is 0 Å². The predicted molar refractivity (Wildman–Crippen MR) is 118 cm³/mol. The molecular formula is C23H20N4O4. The smallest absolute Gasteiger partial charge is 0.289 e. The van der Waals surface area contributed by atoms with E-state index in [4.69, 9.17) is 9.47 Å². The van der Waals surface area contributed by atoms with Gasteiger partial charge in [0.15, 0.2) is 11.5 Å². The number of nitrogens with one attached hydrogen (secondary N) is 2. The minimum absolute atomic E-state index is 0.0603. The Morgan fingerprint density at radius 1 is 1.06 bits per heavy atom. The number of nitrogens with zero attached hydrogens (tertiary/aromatic N) is 2. The predicted octanol–water partition coefficient (Wildman–Crippen LogP) is 3.72. The van der Waals surface area contributed by atoms with Crippen molar-refractivity contribution in [3.05, 3.63) is 71.9 Å². The van der Waals surface area contributed by atoms with Crippen molar-refractivity contribution in [1.82, 2.24) is 15.6 Å². The van der Waals surface area contributed by atoms with E-state index >= 15 is 0 Å². The fourth-order valence-corrected chi connectivity index (χ4v) is 3.28. The van der Waals surface area contributed by atoms with Gasteiger partial charge in [0, 0.05) is 5.56 Å². The number of aromatic hydroxyl groups is 1. The average molecular weight is 416 g/mol. The largest absolute Gasteiger partial charge is 0.504 e. The molecule has 1 heterocycles. The Hall–Kier alpha value is -4.33. The zero-order valence-electron chi connectivity index (χ0n) is 16.9. The van der Waals surface area contributed by atoms with E-state index in [1.54, 1.807) is 31.4 Å². The van der Waals surface area contributed by atoms with Crippen LogP contribution in [0.3, 0.4) is 0 Å². The number of carbonyl (C=O) groups is 1. The Kier molecular flexibility index (Phi) is 5.53. The van der Waals surface area contributed by atoms with Crippen LogP contribution < -0.4 is 14.9 Å². The molecule has 4 rings (SSSR count). The molecule has 0 spiro atoms. The molecule has 0 radical (unpaired) electrons. The Morgan fingerprint density at radius 2 is 1.87 bits per heavy atom. The third-order valence-corrected chi connectivity index (χ3v) is 4.81. The highest BCUT2D eigenvalue weighted by molar-refractivity contribution is 6.00. The van der Waals surface area contributed by atoms with E-state index in [2.05, 4.69) is 20.7 Å². The maximum atomic E-state index is 12.5. The summed E-state index contributed by atoms with van der Waals surface area (Å²) in [4.78, 5) is 12.5. The van der Waals surface area contributed by atoms with E-state index in [0.717, 1.165) is 16.3 Å². The van der Waals surface area contributed by atoms with Gasteiger partial charge in [-0.05, 0) is 35.0 Å². The SMILES string of the molecule is COc1cccc(/C=N/NC(=O)c2cc(-c3c(OC)ccc4ccccc34)n[nH]2)c1O. The average Bonchev–Trinajstić information content (AvgIpc) is 3.29. The van der Waals surface area contributed by atoms with Gasteiger partial charge in [-0.3, -0.25) is 9.89 Å². The third-order valence-electron chi connectivity index (χ3n) is 4.81. The molecule has 1 amide bonds. The molecule has 8 heteroatoms. The van der Waals surface area contributed by atoms with Crippen LogP contribution in [-0.4, -0.2) is 41.6 Å². The number of hydrazone groups is 1. The minimum atomic E-state index is -0.475. The fourth-order valence-electron chi connectivity index (χ4n) is 3.28. The van der Waals surface area contributed by atoms with Gasteiger partial charge in [0.1, 0.15) is 11.4 Å². The molecule has 8 nitrogen and oxygen atoms in total. The quantitative estimate of drug-likeness (QED) is 0.328. The number of hydrogen-bond acceptors (Lipinski definition) is 6. The highest BCUT2D eigenvalue weighted by Gasteiger charge is 2.16. The highest BCUT2D eigenvalue weighted by Crippen LogP contribution is 2.36. The first-order chi connectivity index (χ1) is 15.1. The zero-order valence-corrected chi connectivity index (χ0v) is 16.9. The molecule has 0 saturated carbocycles. The van der Waals surface area contributed by atoms with E-state index < -0.39 is 5.91 Å². The summed E-state index contributed by atoms with van der Waals surface area (Å²) in [7, 11) is 3.05. The lowest BCUT2D eigenvalue weighted by molar-refractivity contribution is 0.0950. The number of carbonyl (C=O) groups excluding carboxylic acids is 1. The van der Waals surface area contributed by atoms with Crippen molar-refractivity contribution in [2.75, 3.05) is 14.2 Å². The highest BCUT2D eigenvalue weighted by atomic mass is 16.5. The van der Waals surface area contributed by atoms with Crippen LogP contribution in [-0.2, 0) is 0 Å². The summed E-state index contributed by atoms with van der Waals surface area (Å²) in [6.45, 7) is 0. The molecule has 156 valence electrons. The van der Waals surface area contributed by atoms with Crippen LogP contribution in [0.15, 0.2) is 65.8 Å². The topological polar surface area (TPSA) is 109 Å². The molecule has 31 heavy (non-hydrogen) atoms. The number of hydrogen-bond donors (Lipinski definition) is 3. The molecule has 0 bridgehead atoms. The summed E-state index contributed by atoms with van der Waals surface area (Å²) in [5.41, 5.74) is 4.43. The summed E-state index contributed by atoms with van der Waals surface area (Å²) in [5, 5.41) is 23.0. The third kappa shape index (κ3) is 3.91. The standard InChI is InChI=1S/C23H20N4O4/c1-30-19-11-10-14-6-3-4-8-16(14)21(19)17-12-18(26-25-17)23(29)27-24-13-15-7-5-9-20(31-2)22(15)28/h3-13,28H,1-2H3,(H,25,26)(H,27,29)/b24-13+. The molecule has 0 atom stereocenters. The molecule has 4 aromatic rings. The molecule has 0 aliphatic rings. The number of ether oxygens (including phenoxy) is 2. The number of fused-ring (bicyclic) bond motifs is 1. The van der Waals surface area contributed by atoms with Crippen molar-refractivity contribution in [2.24, 2.45) is 5.10 Å². The van der Waals surface area contributed by atoms with E-state index in [0.29, 0.717) is 22.8 Å². The number of rotatable bonds is 6. The van der Waals surface area contributed by atoms with Gasteiger partial charge >= 0.3 is 0 Å². The molecule has 3 aromatic carbocycles. The Balaban J connectivity index is 1.57. The van der Waals surface area contributed by atoms with Gasteiger partial charge in [0.2, 0.25) is 0 Å². The van der Waals surface area contributed by atoms with Crippen LogP contribution in [0, 0.1) is 0 Å². The molecule has 0 aliphatic heterocycles. The second-order valence-corrected chi connectivity index (χ2v) is 6.63. The number of benzene rings is 3. The maximum Gasteiger partial charge on any atom is 0.289 e. The summed E-state index contributed by atoms with van der Waals surface area (Å²) >= 11 is 0. The van der Waals surface area contributed by atoms with E-state index in [1.807, 2.05) is 36.4 Å². The van der Waals surface area contributed by atoms with Crippen LogP contribution in [0.1, 0.15) is 16.1 Å². The van der Waals surface area contributed by atoms with Crippen molar-refractivity contribution in [3.8, 4) is 28.5 Å². The molecule has 1 aromatic heterocycles. The van der Waals surface area contributed by atoms with Crippen molar-refractivity contribution >= 4 is 22.9 Å². The Morgan fingerprint density at radius 3 is 2.68 bits per heavy atom.